The fraction of sp³-hybridized carbons (Fsp3) is 0.250. The van der Waals surface area contributed by atoms with E-state index in [1.165, 1.54) is 23.1 Å². The van der Waals surface area contributed by atoms with Crippen LogP contribution in [0.1, 0.15) is 41.1 Å². The number of fused-ring (bicyclic) bond motifs is 1. The molecule has 0 saturated carbocycles. The third-order valence-electron chi connectivity index (χ3n) is 4.62. The van der Waals surface area contributed by atoms with Crippen molar-refractivity contribution in [2.75, 3.05) is 5.32 Å². The van der Waals surface area contributed by atoms with Crippen molar-refractivity contribution >= 4 is 5.69 Å². The largest absolute Gasteiger partial charge is 0.377 e. The number of benzene rings is 2. The first kappa shape index (κ1) is 14.1. The number of anilines is 1. The third-order valence-corrected chi connectivity index (χ3v) is 4.62. The molecule has 0 saturated heterocycles. The Morgan fingerprint density at radius 3 is 2.78 bits per heavy atom. The van der Waals surface area contributed by atoms with Gasteiger partial charge in [0, 0.05) is 12.5 Å². The smallest absolute Gasteiger partial charge is 0.147 e. The van der Waals surface area contributed by atoms with Crippen molar-refractivity contribution < 1.29 is 4.52 Å². The molecule has 0 radical (unpaired) electrons. The van der Waals surface area contributed by atoms with E-state index >= 15 is 0 Å². The molecule has 3 heteroatoms. The van der Waals surface area contributed by atoms with Gasteiger partial charge >= 0.3 is 0 Å². The van der Waals surface area contributed by atoms with Crippen LogP contribution in [0, 0.1) is 0 Å². The van der Waals surface area contributed by atoms with E-state index in [0.717, 1.165) is 30.8 Å². The van der Waals surface area contributed by atoms with Crippen LogP contribution in [0.2, 0.25) is 0 Å². The molecule has 1 aromatic heterocycles. The van der Waals surface area contributed by atoms with Crippen molar-refractivity contribution in [3.8, 4) is 0 Å². The average Bonchev–Trinajstić information content (AvgIpc) is 3.09. The van der Waals surface area contributed by atoms with Gasteiger partial charge in [0.2, 0.25) is 0 Å². The van der Waals surface area contributed by atoms with Crippen LogP contribution in [0.4, 0.5) is 5.69 Å². The number of nitrogens with one attached hydrogen (secondary N) is 1. The second kappa shape index (κ2) is 6.29. The summed E-state index contributed by atoms with van der Waals surface area (Å²) in [5.41, 5.74) is 6.14. The van der Waals surface area contributed by atoms with Crippen molar-refractivity contribution in [3.63, 3.8) is 0 Å². The Morgan fingerprint density at radius 2 is 1.87 bits per heavy atom. The first-order valence-corrected chi connectivity index (χ1v) is 8.21. The van der Waals surface area contributed by atoms with Crippen molar-refractivity contribution in [1.29, 1.82) is 0 Å². The maximum Gasteiger partial charge on any atom is 0.147 e. The molecular formula is C20H20N2O. The molecule has 0 fully saturated rings. The van der Waals surface area contributed by atoms with Gasteiger partial charge in [-0.15, -0.1) is 0 Å². The van der Waals surface area contributed by atoms with Gasteiger partial charge in [-0.25, -0.2) is 0 Å². The topological polar surface area (TPSA) is 38.1 Å². The highest BCUT2D eigenvalue weighted by molar-refractivity contribution is 5.51. The predicted octanol–water partition coefficient (Wildman–Crippen LogP) is 4.75. The van der Waals surface area contributed by atoms with Crippen LogP contribution in [0.3, 0.4) is 0 Å². The average molecular weight is 304 g/mol. The zero-order chi connectivity index (χ0) is 15.5. The lowest BCUT2D eigenvalue weighted by Crippen LogP contribution is -2.13. The van der Waals surface area contributed by atoms with E-state index in [1.807, 2.05) is 6.07 Å². The summed E-state index contributed by atoms with van der Waals surface area (Å²) in [6.07, 6.45) is 5.23. The molecule has 2 aromatic carbocycles. The Balaban J connectivity index is 1.58. The molecule has 1 aliphatic carbocycles. The van der Waals surface area contributed by atoms with Crippen molar-refractivity contribution in [3.05, 3.63) is 83.2 Å². The molecule has 1 unspecified atom stereocenters. The summed E-state index contributed by atoms with van der Waals surface area (Å²) in [7, 11) is 0. The van der Waals surface area contributed by atoms with Gasteiger partial charge in [0.15, 0.2) is 0 Å². The summed E-state index contributed by atoms with van der Waals surface area (Å²) in [5.74, 6) is 0.331. The van der Waals surface area contributed by atoms with Gasteiger partial charge < -0.3 is 9.84 Å². The summed E-state index contributed by atoms with van der Waals surface area (Å²) >= 11 is 0. The second-order valence-electron chi connectivity index (χ2n) is 6.10. The fourth-order valence-electron chi connectivity index (χ4n) is 3.46. The minimum Gasteiger partial charge on any atom is -0.377 e. The highest BCUT2D eigenvalue weighted by Crippen LogP contribution is 2.38. The van der Waals surface area contributed by atoms with Gasteiger partial charge in [0.05, 0.1) is 5.69 Å². The molecule has 4 rings (SSSR count). The number of nitrogens with zero attached hydrogens (tertiary/aromatic N) is 1. The lowest BCUT2D eigenvalue weighted by atomic mass is 9.81. The zero-order valence-corrected chi connectivity index (χ0v) is 13.0. The molecule has 3 nitrogen and oxygen atoms in total. The molecule has 3 aromatic rings. The van der Waals surface area contributed by atoms with E-state index < -0.39 is 0 Å². The van der Waals surface area contributed by atoms with Gasteiger partial charge in [-0.1, -0.05) is 59.8 Å². The number of hydrogen-bond donors (Lipinski definition) is 1. The first-order valence-electron chi connectivity index (χ1n) is 8.21. The molecule has 1 aliphatic rings. The lowest BCUT2D eigenvalue weighted by molar-refractivity contribution is 0.404. The van der Waals surface area contributed by atoms with Crippen molar-refractivity contribution in [2.45, 2.75) is 31.7 Å². The van der Waals surface area contributed by atoms with Crippen LogP contribution < -0.4 is 5.32 Å². The van der Waals surface area contributed by atoms with E-state index in [-0.39, 0.29) is 0 Å². The summed E-state index contributed by atoms with van der Waals surface area (Å²) < 4.78 is 5.29. The summed E-state index contributed by atoms with van der Waals surface area (Å²) in [6.45, 7) is 0.781. The van der Waals surface area contributed by atoms with E-state index in [9.17, 15) is 0 Å². The Kier molecular flexibility index (Phi) is 3.85. The summed E-state index contributed by atoms with van der Waals surface area (Å²) in [5, 5.41) is 7.79. The van der Waals surface area contributed by atoms with E-state index in [0.29, 0.717) is 5.92 Å². The maximum absolute atomic E-state index is 5.29. The van der Waals surface area contributed by atoms with Crippen LogP contribution in [0.15, 0.2) is 65.4 Å². The monoisotopic (exact) mass is 304 g/mol. The molecule has 0 spiro atoms. The molecule has 0 amide bonds. The van der Waals surface area contributed by atoms with Gasteiger partial charge in [-0.3, -0.25) is 0 Å². The first-order chi connectivity index (χ1) is 11.4. The SMILES string of the molecule is c1ccc(CNc2conc2C2CCCc3ccccc32)cc1. The molecule has 1 heterocycles. The Labute approximate surface area is 136 Å². The molecule has 23 heavy (non-hydrogen) atoms. The van der Waals surface area contributed by atoms with Crippen LogP contribution >= 0.6 is 0 Å². The molecular weight excluding hydrogens is 284 g/mol. The summed E-state index contributed by atoms with van der Waals surface area (Å²) in [4.78, 5) is 0. The maximum atomic E-state index is 5.29. The minimum absolute atomic E-state index is 0.331. The van der Waals surface area contributed by atoms with Gasteiger partial charge in [-0.2, -0.15) is 0 Å². The summed E-state index contributed by atoms with van der Waals surface area (Å²) in [6, 6.07) is 19.1. The Hall–Kier alpha value is -2.55. The molecule has 1 N–H and O–H groups in total. The number of hydrogen-bond acceptors (Lipinski definition) is 3. The Bertz CT molecular complexity index is 779. The van der Waals surface area contributed by atoms with E-state index in [2.05, 4.69) is 59.0 Å². The zero-order valence-electron chi connectivity index (χ0n) is 13.0. The number of aryl methyl sites for hydroxylation is 1. The highest BCUT2D eigenvalue weighted by Gasteiger charge is 2.26. The van der Waals surface area contributed by atoms with Crippen LogP contribution in [-0.4, -0.2) is 5.16 Å². The number of aromatic nitrogens is 1. The van der Waals surface area contributed by atoms with Gasteiger partial charge in [-0.05, 0) is 36.0 Å². The predicted molar refractivity (Wildman–Crippen MR) is 91.5 cm³/mol. The van der Waals surface area contributed by atoms with E-state index in [4.69, 9.17) is 4.52 Å². The van der Waals surface area contributed by atoms with E-state index in [1.54, 1.807) is 6.26 Å². The Morgan fingerprint density at radius 1 is 1.04 bits per heavy atom. The lowest BCUT2D eigenvalue weighted by Gasteiger charge is -2.24. The van der Waals surface area contributed by atoms with Crippen LogP contribution in [-0.2, 0) is 13.0 Å². The second-order valence-corrected chi connectivity index (χ2v) is 6.10. The minimum atomic E-state index is 0.331. The quantitative estimate of drug-likeness (QED) is 0.755. The molecule has 116 valence electrons. The van der Waals surface area contributed by atoms with Crippen LogP contribution in [0.5, 0.6) is 0 Å². The van der Waals surface area contributed by atoms with Crippen LogP contribution in [0.25, 0.3) is 0 Å². The molecule has 1 atom stereocenters. The van der Waals surface area contributed by atoms with Gasteiger partial charge in [0.1, 0.15) is 12.0 Å². The third kappa shape index (κ3) is 2.87. The normalized spacial score (nSPS) is 16.8. The number of rotatable bonds is 4. The molecule has 0 bridgehead atoms. The fourth-order valence-corrected chi connectivity index (χ4v) is 3.46. The highest BCUT2D eigenvalue weighted by atomic mass is 16.5. The standard InChI is InChI=1S/C20H20N2O/c1-2-7-15(8-3-1)13-21-19-14-23-22-20(19)18-12-6-10-16-9-4-5-11-17(16)18/h1-5,7-9,11,14,18,21H,6,10,12-13H2. The van der Waals surface area contributed by atoms with Gasteiger partial charge in [0.25, 0.3) is 0 Å². The van der Waals surface area contributed by atoms with Crippen molar-refractivity contribution in [2.24, 2.45) is 0 Å². The van der Waals surface area contributed by atoms with Crippen molar-refractivity contribution in [1.82, 2.24) is 5.16 Å². The molecule has 0 aliphatic heterocycles.